The van der Waals surface area contributed by atoms with Crippen molar-refractivity contribution in [1.29, 1.82) is 0 Å². The number of hydrogen-bond donors (Lipinski definition) is 1. The predicted molar refractivity (Wildman–Crippen MR) is 153 cm³/mol. The van der Waals surface area contributed by atoms with E-state index in [4.69, 9.17) is 9.72 Å². The third-order valence-electron chi connectivity index (χ3n) is 8.12. The van der Waals surface area contributed by atoms with Gasteiger partial charge in [0.1, 0.15) is 11.6 Å². The molecule has 6 rings (SSSR count). The first-order valence-electron chi connectivity index (χ1n) is 13.7. The summed E-state index contributed by atoms with van der Waals surface area (Å²) in [4.78, 5) is 31.9. The summed E-state index contributed by atoms with van der Waals surface area (Å²) >= 11 is 0. The highest BCUT2D eigenvalue weighted by Gasteiger charge is 2.40. The Bertz CT molecular complexity index is 1360. The SMILES string of the molecule is COc1cc(N2CCN(C)CC2)ccc1Nc1ncc2c(n1)N(C1CCC1)C(=O)N(c1c(C)c#ccc1C)C2. The van der Waals surface area contributed by atoms with E-state index in [9.17, 15) is 4.79 Å². The van der Waals surface area contributed by atoms with Gasteiger partial charge in [0.25, 0.3) is 0 Å². The number of urea groups is 1. The van der Waals surface area contributed by atoms with Crippen molar-refractivity contribution in [2.24, 2.45) is 0 Å². The van der Waals surface area contributed by atoms with E-state index in [1.54, 1.807) is 7.11 Å². The fourth-order valence-electron chi connectivity index (χ4n) is 5.64. The highest BCUT2D eigenvalue weighted by molar-refractivity contribution is 6.06. The molecule has 2 amide bonds. The molecule has 2 aliphatic heterocycles. The van der Waals surface area contributed by atoms with Gasteiger partial charge in [-0.05, 0) is 63.9 Å². The molecule has 0 bridgehead atoms. The topological polar surface area (TPSA) is 77.1 Å². The molecule has 3 aliphatic rings. The van der Waals surface area contributed by atoms with Crippen LogP contribution >= 0.6 is 0 Å². The second kappa shape index (κ2) is 10.3. The Balaban J connectivity index is 1.30. The van der Waals surface area contributed by atoms with Gasteiger partial charge >= 0.3 is 6.03 Å². The van der Waals surface area contributed by atoms with Gasteiger partial charge in [0.15, 0.2) is 0 Å². The summed E-state index contributed by atoms with van der Waals surface area (Å²) in [6, 6.07) is 14.3. The minimum absolute atomic E-state index is 0.0447. The van der Waals surface area contributed by atoms with E-state index in [1.165, 1.54) is 0 Å². The van der Waals surface area contributed by atoms with Crippen molar-refractivity contribution in [1.82, 2.24) is 14.9 Å². The van der Waals surface area contributed by atoms with E-state index in [0.29, 0.717) is 18.3 Å². The second-order valence-corrected chi connectivity index (χ2v) is 10.7. The zero-order valence-electron chi connectivity index (χ0n) is 23.1. The molecule has 39 heavy (non-hydrogen) atoms. The largest absolute Gasteiger partial charge is 0.494 e. The van der Waals surface area contributed by atoms with Crippen LogP contribution in [0.5, 0.6) is 5.75 Å². The van der Waals surface area contributed by atoms with Gasteiger partial charge < -0.3 is 19.9 Å². The number of methoxy groups -OCH3 is 1. The summed E-state index contributed by atoms with van der Waals surface area (Å²) in [7, 11) is 3.83. The molecule has 9 nitrogen and oxygen atoms in total. The number of nitrogens with zero attached hydrogens (tertiary/aromatic N) is 6. The van der Waals surface area contributed by atoms with Crippen molar-refractivity contribution >= 4 is 34.9 Å². The van der Waals surface area contributed by atoms with Gasteiger partial charge in [0, 0.05) is 61.3 Å². The Morgan fingerprint density at radius 1 is 1.13 bits per heavy atom. The number of nitrogens with one attached hydrogen (secondary N) is 1. The van der Waals surface area contributed by atoms with Crippen LogP contribution in [-0.2, 0) is 6.54 Å². The molecule has 0 atom stereocenters. The number of benzene rings is 1. The molecule has 0 radical (unpaired) electrons. The monoisotopic (exact) mass is 525 g/mol. The Labute approximate surface area is 230 Å². The maximum atomic E-state index is 13.9. The van der Waals surface area contributed by atoms with E-state index >= 15 is 0 Å². The van der Waals surface area contributed by atoms with Gasteiger partial charge in [-0.1, -0.05) is 12.1 Å². The lowest BCUT2D eigenvalue weighted by Crippen LogP contribution is -2.54. The van der Waals surface area contributed by atoms with E-state index in [2.05, 4.69) is 51.4 Å². The summed E-state index contributed by atoms with van der Waals surface area (Å²) < 4.78 is 5.74. The van der Waals surface area contributed by atoms with Crippen LogP contribution in [0.4, 0.5) is 33.6 Å². The molecule has 202 valence electrons. The first-order valence-corrected chi connectivity index (χ1v) is 13.7. The summed E-state index contributed by atoms with van der Waals surface area (Å²) in [6.07, 6.45) is 4.90. The van der Waals surface area contributed by atoms with Gasteiger partial charge in [-0.25, -0.2) is 9.78 Å². The third kappa shape index (κ3) is 4.70. The number of aromatic nitrogens is 2. The molecule has 3 heterocycles. The number of carbonyl (C=O) groups excluding carboxylic acids is 1. The Hall–Kier alpha value is -4.03. The number of anilines is 5. The number of fused-ring (bicyclic) bond motifs is 1. The highest BCUT2D eigenvalue weighted by Crippen LogP contribution is 2.39. The zero-order chi connectivity index (χ0) is 27.1. The van der Waals surface area contributed by atoms with Crippen LogP contribution in [0, 0.1) is 26.0 Å². The number of piperazine rings is 1. The van der Waals surface area contributed by atoms with Crippen molar-refractivity contribution < 1.29 is 9.53 Å². The third-order valence-corrected chi connectivity index (χ3v) is 8.12. The number of amides is 2. The number of hydrogen-bond acceptors (Lipinski definition) is 7. The van der Waals surface area contributed by atoms with Gasteiger partial charge in [0.2, 0.25) is 5.95 Å². The van der Waals surface area contributed by atoms with Gasteiger partial charge in [0.05, 0.1) is 25.0 Å². The quantitative estimate of drug-likeness (QED) is 0.500. The van der Waals surface area contributed by atoms with E-state index in [0.717, 1.165) is 84.9 Å². The van der Waals surface area contributed by atoms with Crippen LogP contribution in [0.1, 0.15) is 36.0 Å². The molecule has 0 unspecified atom stereocenters. The summed E-state index contributed by atoms with van der Waals surface area (Å²) in [6.45, 7) is 8.45. The summed E-state index contributed by atoms with van der Waals surface area (Å²) in [5.41, 5.74) is 5.66. The van der Waals surface area contributed by atoms with Crippen molar-refractivity contribution in [3.05, 3.63) is 59.3 Å². The molecule has 2 fully saturated rings. The molecular formula is C30H35N7O2. The Morgan fingerprint density at radius 3 is 2.62 bits per heavy atom. The molecule has 1 aromatic heterocycles. The lowest BCUT2D eigenvalue weighted by Gasteiger charge is -2.43. The molecule has 1 saturated heterocycles. The van der Waals surface area contributed by atoms with Crippen LogP contribution in [0.2, 0.25) is 0 Å². The van der Waals surface area contributed by atoms with Gasteiger partial charge in [-0.15, -0.1) is 0 Å². The first-order chi connectivity index (χ1) is 18.9. The van der Waals surface area contributed by atoms with E-state index in [1.807, 2.05) is 42.0 Å². The second-order valence-electron chi connectivity index (χ2n) is 10.7. The predicted octanol–water partition coefficient (Wildman–Crippen LogP) is 4.70. The van der Waals surface area contributed by atoms with Crippen LogP contribution in [0.15, 0.2) is 30.5 Å². The fraction of sp³-hybridized carbons (Fsp3) is 0.433. The Morgan fingerprint density at radius 2 is 1.92 bits per heavy atom. The molecule has 1 aliphatic carbocycles. The van der Waals surface area contributed by atoms with Crippen LogP contribution < -0.4 is 24.8 Å². The van der Waals surface area contributed by atoms with Crippen molar-refractivity contribution in [2.75, 3.05) is 60.4 Å². The fourth-order valence-corrected chi connectivity index (χ4v) is 5.64. The van der Waals surface area contributed by atoms with Crippen LogP contribution in [-0.4, -0.2) is 67.3 Å². The lowest BCUT2D eigenvalue weighted by molar-refractivity contribution is 0.242. The minimum atomic E-state index is -0.0447. The van der Waals surface area contributed by atoms with E-state index < -0.39 is 0 Å². The standard InChI is InChI=1S/C30H35N7O2/c1-20-7-5-8-21(2)27(20)36-19-22-18-31-29(33-28(22)37(30(36)38)23-9-6-10-23)32-25-12-11-24(17-26(25)39-4)35-15-13-34(3)14-16-35/h7,11-12,17-18,23H,6,9-10,13-16,19H2,1-4H3,(H,31,32,33). The molecule has 3 aromatic rings. The molecule has 0 spiro atoms. The zero-order valence-corrected chi connectivity index (χ0v) is 23.1. The summed E-state index contributed by atoms with van der Waals surface area (Å²) in [5.74, 6) is 1.86. The van der Waals surface area contributed by atoms with Gasteiger partial charge in [-0.2, -0.15) is 4.98 Å². The van der Waals surface area contributed by atoms with Crippen molar-refractivity contribution in [3.63, 3.8) is 0 Å². The van der Waals surface area contributed by atoms with Crippen LogP contribution in [0.3, 0.4) is 0 Å². The lowest BCUT2D eigenvalue weighted by atomic mass is 9.91. The molecule has 9 heteroatoms. The number of carbonyl (C=O) groups is 1. The van der Waals surface area contributed by atoms with Gasteiger partial charge in [-0.3, -0.25) is 9.80 Å². The molecular weight excluding hydrogens is 490 g/mol. The number of aryl methyl sites for hydroxylation is 1. The normalized spacial score (nSPS) is 17.9. The maximum Gasteiger partial charge on any atom is 0.330 e. The average Bonchev–Trinajstić information content (AvgIpc) is 2.90. The highest BCUT2D eigenvalue weighted by atomic mass is 16.5. The molecule has 1 N–H and O–H groups in total. The number of ether oxygens (including phenoxy) is 1. The Kier molecular flexibility index (Phi) is 6.65. The average molecular weight is 526 g/mol. The maximum absolute atomic E-state index is 13.9. The van der Waals surface area contributed by atoms with Crippen molar-refractivity contribution in [2.45, 2.75) is 45.7 Å². The van der Waals surface area contributed by atoms with Crippen LogP contribution in [0.25, 0.3) is 0 Å². The smallest absolute Gasteiger partial charge is 0.330 e. The minimum Gasteiger partial charge on any atom is -0.494 e. The van der Waals surface area contributed by atoms with E-state index in [-0.39, 0.29) is 12.1 Å². The molecule has 2 aromatic carbocycles. The number of rotatable bonds is 6. The molecule has 1 saturated carbocycles. The summed E-state index contributed by atoms with van der Waals surface area (Å²) in [5, 5.41) is 3.35. The first kappa shape index (κ1) is 25.3. The number of likely N-dealkylation sites (N-methyl/N-ethyl adjacent to an activating group) is 1. The van der Waals surface area contributed by atoms with Crippen molar-refractivity contribution in [3.8, 4) is 5.75 Å².